The van der Waals surface area contributed by atoms with Gasteiger partial charge in [-0.15, -0.1) is 0 Å². The standard InChI is InChI=1S/C26H23F3N2O4/c1-15-8-9-19-16(12-15)4-2-7-20(19)31-24(32)22-21(14-30-25-23(22)33-10-11-34-25)35-18-6-3-5-17(13-18)26(27,28)29/h3,5-6,8-9,12-14,20H,2,4,7,10-11H2,1H3,(H,31,32). The van der Waals surface area contributed by atoms with Crippen molar-refractivity contribution in [3.05, 3.63) is 76.5 Å². The number of nitrogens with one attached hydrogen (secondary N) is 1. The van der Waals surface area contributed by atoms with Crippen LogP contribution >= 0.6 is 0 Å². The number of fused-ring (bicyclic) bond motifs is 2. The second-order valence-electron chi connectivity index (χ2n) is 8.58. The number of aromatic nitrogens is 1. The minimum absolute atomic E-state index is 0.0222. The molecule has 2 heterocycles. The Morgan fingerprint density at radius 3 is 2.80 bits per heavy atom. The van der Waals surface area contributed by atoms with E-state index in [9.17, 15) is 18.0 Å². The average Bonchev–Trinajstić information content (AvgIpc) is 2.83. The van der Waals surface area contributed by atoms with E-state index in [1.165, 1.54) is 23.9 Å². The van der Waals surface area contributed by atoms with Gasteiger partial charge in [-0.1, -0.05) is 29.8 Å². The van der Waals surface area contributed by atoms with E-state index < -0.39 is 17.6 Å². The highest BCUT2D eigenvalue weighted by Crippen LogP contribution is 2.41. The molecule has 182 valence electrons. The molecule has 1 aliphatic heterocycles. The molecule has 2 aliphatic rings. The molecular formula is C26H23F3N2O4. The van der Waals surface area contributed by atoms with E-state index in [1.54, 1.807) is 0 Å². The lowest BCUT2D eigenvalue weighted by Gasteiger charge is -2.28. The van der Waals surface area contributed by atoms with Crippen molar-refractivity contribution >= 4 is 5.91 Å². The molecule has 0 spiro atoms. The first kappa shape index (κ1) is 23.0. The van der Waals surface area contributed by atoms with Crippen LogP contribution in [0.1, 0.15) is 51.5 Å². The van der Waals surface area contributed by atoms with Crippen LogP contribution in [-0.2, 0) is 12.6 Å². The van der Waals surface area contributed by atoms with Crippen molar-refractivity contribution in [2.24, 2.45) is 0 Å². The average molecular weight is 484 g/mol. The van der Waals surface area contributed by atoms with E-state index in [0.717, 1.165) is 42.5 Å². The van der Waals surface area contributed by atoms with Crippen LogP contribution in [0.2, 0.25) is 0 Å². The fraction of sp³-hybridized carbons (Fsp3) is 0.308. The second kappa shape index (κ2) is 9.13. The lowest BCUT2D eigenvalue weighted by molar-refractivity contribution is -0.137. The molecule has 0 saturated heterocycles. The largest absolute Gasteiger partial charge is 0.484 e. The third kappa shape index (κ3) is 4.76. The van der Waals surface area contributed by atoms with Crippen LogP contribution in [0.5, 0.6) is 23.1 Å². The molecule has 0 saturated carbocycles. The number of alkyl halides is 3. The van der Waals surface area contributed by atoms with Crippen molar-refractivity contribution in [1.82, 2.24) is 10.3 Å². The SMILES string of the molecule is Cc1ccc2c(c1)CCCC2NC(=O)c1c(Oc2cccc(C(F)(F)F)c2)cnc2c1OCCO2. The van der Waals surface area contributed by atoms with Gasteiger partial charge in [0.15, 0.2) is 11.5 Å². The summed E-state index contributed by atoms with van der Waals surface area (Å²) in [6.45, 7) is 2.50. The summed E-state index contributed by atoms with van der Waals surface area (Å²) in [5, 5.41) is 3.06. The van der Waals surface area contributed by atoms with Gasteiger partial charge < -0.3 is 19.5 Å². The number of rotatable bonds is 4. The summed E-state index contributed by atoms with van der Waals surface area (Å²) in [4.78, 5) is 17.7. The van der Waals surface area contributed by atoms with Crippen molar-refractivity contribution in [1.29, 1.82) is 0 Å². The number of aryl methyl sites for hydroxylation is 2. The summed E-state index contributed by atoms with van der Waals surface area (Å²) < 4.78 is 56.5. The van der Waals surface area contributed by atoms with E-state index in [0.29, 0.717) is 0 Å². The normalized spacial score (nSPS) is 16.9. The minimum atomic E-state index is -4.53. The number of nitrogens with zero attached hydrogens (tertiary/aromatic N) is 1. The van der Waals surface area contributed by atoms with E-state index in [1.807, 2.05) is 19.1 Å². The highest BCUT2D eigenvalue weighted by atomic mass is 19.4. The van der Waals surface area contributed by atoms with E-state index in [2.05, 4.69) is 16.4 Å². The van der Waals surface area contributed by atoms with Gasteiger partial charge >= 0.3 is 6.18 Å². The minimum Gasteiger partial charge on any atom is -0.484 e. The maximum atomic E-state index is 13.6. The Kier molecular flexibility index (Phi) is 6.00. The van der Waals surface area contributed by atoms with Crippen LogP contribution in [0.15, 0.2) is 48.7 Å². The fourth-order valence-electron chi connectivity index (χ4n) is 4.46. The Morgan fingerprint density at radius 2 is 1.97 bits per heavy atom. The maximum absolute atomic E-state index is 13.6. The smallest absolute Gasteiger partial charge is 0.416 e. The van der Waals surface area contributed by atoms with Crippen molar-refractivity contribution in [3.8, 4) is 23.1 Å². The predicted molar refractivity (Wildman–Crippen MR) is 121 cm³/mol. The van der Waals surface area contributed by atoms with Crippen LogP contribution in [0.3, 0.4) is 0 Å². The van der Waals surface area contributed by atoms with Crippen molar-refractivity contribution in [2.75, 3.05) is 13.2 Å². The van der Waals surface area contributed by atoms with Gasteiger partial charge in [0.1, 0.15) is 24.5 Å². The molecule has 9 heteroatoms. The zero-order valence-corrected chi connectivity index (χ0v) is 18.9. The zero-order valence-electron chi connectivity index (χ0n) is 18.9. The first-order valence-electron chi connectivity index (χ1n) is 11.3. The van der Waals surface area contributed by atoms with Gasteiger partial charge in [-0.05, 0) is 55.5 Å². The molecule has 1 atom stereocenters. The molecule has 2 aromatic carbocycles. The molecule has 35 heavy (non-hydrogen) atoms. The number of pyridine rings is 1. The van der Waals surface area contributed by atoms with Gasteiger partial charge in [0.25, 0.3) is 11.8 Å². The number of hydrogen-bond donors (Lipinski definition) is 1. The van der Waals surface area contributed by atoms with Gasteiger partial charge in [0, 0.05) is 0 Å². The molecule has 1 amide bonds. The van der Waals surface area contributed by atoms with E-state index >= 15 is 0 Å². The Morgan fingerprint density at radius 1 is 1.14 bits per heavy atom. The molecule has 0 fully saturated rings. The molecule has 1 unspecified atom stereocenters. The molecular weight excluding hydrogens is 461 g/mol. The van der Waals surface area contributed by atoms with E-state index in [-0.39, 0.29) is 47.9 Å². The number of carbonyl (C=O) groups is 1. The summed E-state index contributed by atoms with van der Waals surface area (Å²) in [5.41, 5.74) is 2.57. The Bertz CT molecular complexity index is 1280. The Hall–Kier alpha value is -3.75. The van der Waals surface area contributed by atoms with Crippen LogP contribution in [-0.4, -0.2) is 24.1 Å². The summed E-state index contributed by atoms with van der Waals surface area (Å²) >= 11 is 0. The molecule has 3 aromatic rings. The van der Waals surface area contributed by atoms with Crippen LogP contribution in [0, 0.1) is 6.92 Å². The predicted octanol–water partition coefficient (Wildman–Crippen LogP) is 5.78. The lowest BCUT2D eigenvalue weighted by atomic mass is 9.86. The number of hydrogen-bond acceptors (Lipinski definition) is 5. The number of amides is 1. The maximum Gasteiger partial charge on any atom is 0.416 e. The van der Waals surface area contributed by atoms with Crippen LogP contribution in [0.25, 0.3) is 0 Å². The number of carbonyl (C=O) groups excluding carboxylic acids is 1. The van der Waals surface area contributed by atoms with Crippen molar-refractivity contribution in [3.63, 3.8) is 0 Å². The van der Waals surface area contributed by atoms with Crippen molar-refractivity contribution < 1.29 is 32.2 Å². The second-order valence-corrected chi connectivity index (χ2v) is 8.58. The summed E-state index contributed by atoms with van der Waals surface area (Å²) in [5.74, 6) is -0.331. The van der Waals surface area contributed by atoms with Crippen molar-refractivity contribution in [2.45, 2.75) is 38.4 Å². The number of ether oxygens (including phenoxy) is 3. The first-order chi connectivity index (χ1) is 16.8. The topological polar surface area (TPSA) is 69.7 Å². The molecule has 5 rings (SSSR count). The Labute approximate surface area is 200 Å². The van der Waals surface area contributed by atoms with Gasteiger partial charge in [-0.2, -0.15) is 13.2 Å². The third-order valence-electron chi connectivity index (χ3n) is 6.07. The number of halogens is 3. The van der Waals surface area contributed by atoms with Gasteiger partial charge in [-0.3, -0.25) is 4.79 Å². The molecule has 6 nitrogen and oxygen atoms in total. The summed E-state index contributed by atoms with van der Waals surface area (Å²) in [7, 11) is 0. The molecule has 1 aromatic heterocycles. The fourth-order valence-corrected chi connectivity index (χ4v) is 4.46. The quantitative estimate of drug-likeness (QED) is 0.509. The summed E-state index contributed by atoms with van der Waals surface area (Å²) in [6, 6.07) is 10.4. The first-order valence-corrected chi connectivity index (χ1v) is 11.3. The van der Waals surface area contributed by atoms with Crippen LogP contribution < -0.4 is 19.5 Å². The van der Waals surface area contributed by atoms with Gasteiger partial charge in [-0.25, -0.2) is 4.98 Å². The molecule has 0 radical (unpaired) electrons. The lowest BCUT2D eigenvalue weighted by Crippen LogP contribution is -2.32. The van der Waals surface area contributed by atoms with Gasteiger partial charge in [0.05, 0.1) is 17.8 Å². The monoisotopic (exact) mass is 484 g/mol. The van der Waals surface area contributed by atoms with Crippen LogP contribution in [0.4, 0.5) is 13.2 Å². The summed E-state index contributed by atoms with van der Waals surface area (Å²) in [6.07, 6.45) is -0.646. The van der Waals surface area contributed by atoms with Gasteiger partial charge in [0.2, 0.25) is 0 Å². The zero-order chi connectivity index (χ0) is 24.6. The highest BCUT2D eigenvalue weighted by molar-refractivity contribution is 6.00. The Balaban J connectivity index is 1.49. The molecule has 0 bridgehead atoms. The number of benzene rings is 2. The van der Waals surface area contributed by atoms with E-state index in [4.69, 9.17) is 14.2 Å². The third-order valence-corrected chi connectivity index (χ3v) is 6.07. The molecule has 1 N–H and O–H groups in total. The molecule has 1 aliphatic carbocycles. The highest BCUT2D eigenvalue weighted by Gasteiger charge is 2.32.